The van der Waals surface area contributed by atoms with E-state index in [-0.39, 0.29) is 18.2 Å². The van der Waals surface area contributed by atoms with Crippen LogP contribution >= 0.6 is 11.3 Å². The van der Waals surface area contributed by atoms with Gasteiger partial charge in [0.15, 0.2) is 0 Å². The Labute approximate surface area is 149 Å². The SMILES string of the molecule is O=C(Cc1csc(-c2cccnc2)n1)NC(C(=O)O)C1CCCOC1. The van der Waals surface area contributed by atoms with Crippen LogP contribution in [0.3, 0.4) is 0 Å². The van der Waals surface area contributed by atoms with Gasteiger partial charge in [0.05, 0.1) is 18.7 Å². The van der Waals surface area contributed by atoms with Crippen molar-refractivity contribution in [2.75, 3.05) is 13.2 Å². The van der Waals surface area contributed by atoms with Gasteiger partial charge in [-0.1, -0.05) is 0 Å². The Kier molecular flexibility index (Phi) is 5.72. The minimum absolute atomic E-state index is 0.0497. The molecule has 0 aliphatic carbocycles. The molecule has 0 radical (unpaired) electrons. The second-order valence-corrected chi connectivity index (χ2v) is 6.78. The summed E-state index contributed by atoms with van der Waals surface area (Å²) in [6.45, 7) is 1.01. The van der Waals surface area contributed by atoms with Crippen LogP contribution in [0.4, 0.5) is 0 Å². The predicted octanol–water partition coefficient (Wildman–Crippen LogP) is 1.74. The second-order valence-electron chi connectivity index (χ2n) is 5.92. The minimum atomic E-state index is -1.03. The number of pyridine rings is 1. The summed E-state index contributed by atoms with van der Waals surface area (Å²) in [5.74, 6) is -1.57. The number of amides is 1. The van der Waals surface area contributed by atoms with E-state index in [1.807, 2.05) is 12.1 Å². The summed E-state index contributed by atoms with van der Waals surface area (Å²) in [4.78, 5) is 32.2. The third-order valence-electron chi connectivity index (χ3n) is 4.05. The lowest BCUT2D eigenvalue weighted by Crippen LogP contribution is -2.48. The van der Waals surface area contributed by atoms with Gasteiger partial charge in [0.1, 0.15) is 11.0 Å². The number of hydrogen-bond donors (Lipinski definition) is 2. The predicted molar refractivity (Wildman–Crippen MR) is 92.2 cm³/mol. The van der Waals surface area contributed by atoms with Crippen LogP contribution < -0.4 is 5.32 Å². The Bertz CT molecular complexity index is 729. The van der Waals surface area contributed by atoms with E-state index < -0.39 is 12.0 Å². The van der Waals surface area contributed by atoms with Crippen molar-refractivity contribution in [1.29, 1.82) is 0 Å². The van der Waals surface area contributed by atoms with Crippen molar-refractivity contribution < 1.29 is 19.4 Å². The van der Waals surface area contributed by atoms with Crippen LogP contribution in [0.2, 0.25) is 0 Å². The zero-order chi connectivity index (χ0) is 17.6. The van der Waals surface area contributed by atoms with Crippen molar-refractivity contribution >= 4 is 23.2 Å². The molecule has 7 nitrogen and oxygen atoms in total. The lowest BCUT2D eigenvalue weighted by atomic mass is 9.93. The molecule has 132 valence electrons. The van der Waals surface area contributed by atoms with E-state index in [0.29, 0.717) is 18.9 Å². The number of ether oxygens (including phenoxy) is 1. The Morgan fingerprint density at radius 1 is 1.48 bits per heavy atom. The number of aromatic nitrogens is 2. The molecule has 0 aromatic carbocycles. The first-order valence-corrected chi connectivity index (χ1v) is 8.96. The van der Waals surface area contributed by atoms with Gasteiger partial charge in [-0.15, -0.1) is 11.3 Å². The van der Waals surface area contributed by atoms with E-state index in [1.54, 1.807) is 17.8 Å². The summed E-state index contributed by atoms with van der Waals surface area (Å²) in [6, 6.07) is 2.80. The number of nitrogens with one attached hydrogen (secondary N) is 1. The fourth-order valence-electron chi connectivity index (χ4n) is 2.81. The molecule has 3 heterocycles. The molecule has 2 atom stereocenters. The minimum Gasteiger partial charge on any atom is -0.480 e. The van der Waals surface area contributed by atoms with Crippen molar-refractivity contribution in [3.05, 3.63) is 35.6 Å². The van der Waals surface area contributed by atoms with Gasteiger partial charge < -0.3 is 15.2 Å². The molecule has 1 fully saturated rings. The third kappa shape index (κ3) is 4.61. The van der Waals surface area contributed by atoms with Crippen LogP contribution in [0.5, 0.6) is 0 Å². The first kappa shape index (κ1) is 17.5. The maximum atomic E-state index is 12.3. The highest BCUT2D eigenvalue weighted by atomic mass is 32.1. The van der Waals surface area contributed by atoms with E-state index in [9.17, 15) is 14.7 Å². The molecule has 0 saturated carbocycles. The summed E-state index contributed by atoms with van der Waals surface area (Å²) in [5, 5.41) is 14.6. The normalized spacial score (nSPS) is 18.5. The van der Waals surface area contributed by atoms with E-state index in [0.717, 1.165) is 23.4 Å². The second kappa shape index (κ2) is 8.17. The highest BCUT2D eigenvalue weighted by molar-refractivity contribution is 7.13. The molecule has 3 rings (SSSR count). The van der Waals surface area contributed by atoms with Crippen LogP contribution in [-0.2, 0) is 20.7 Å². The quantitative estimate of drug-likeness (QED) is 0.813. The number of hydrogen-bond acceptors (Lipinski definition) is 6. The van der Waals surface area contributed by atoms with Crippen molar-refractivity contribution in [1.82, 2.24) is 15.3 Å². The van der Waals surface area contributed by atoms with Crippen LogP contribution in [0.15, 0.2) is 29.9 Å². The van der Waals surface area contributed by atoms with Crippen molar-refractivity contribution in [3.8, 4) is 10.6 Å². The Hall–Kier alpha value is -2.32. The Morgan fingerprint density at radius 2 is 2.36 bits per heavy atom. The molecule has 8 heteroatoms. The van der Waals surface area contributed by atoms with E-state index in [4.69, 9.17) is 4.74 Å². The number of rotatable bonds is 6. The number of carboxylic acids is 1. The van der Waals surface area contributed by atoms with Gasteiger partial charge in [-0.05, 0) is 25.0 Å². The smallest absolute Gasteiger partial charge is 0.326 e. The summed E-state index contributed by atoms with van der Waals surface area (Å²) < 4.78 is 5.33. The van der Waals surface area contributed by atoms with Crippen LogP contribution in [0.25, 0.3) is 10.6 Å². The lowest BCUT2D eigenvalue weighted by molar-refractivity contribution is -0.145. The van der Waals surface area contributed by atoms with E-state index in [2.05, 4.69) is 15.3 Å². The Morgan fingerprint density at radius 3 is 3.04 bits per heavy atom. The highest BCUT2D eigenvalue weighted by Gasteiger charge is 2.31. The first-order valence-electron chi connectivity index (χ1n) is 8.08. The average Bonchev–Trinajstić information content (AvgIpc) is 3.09. The molecule has 1 amide bonds. The van der Waals surface area contributed by atoms with Crippen LogP contribution in [0.1, 0.15) is 18.5 Å². The number of aliphatic carboxylic acids is 1. The van der Waals surface area contributed by atoms with Crippen molar-refractivity contribution in [2.45, 2.75) is 25.3 Å². The molecule has 1 saturated heterocycles. The van der Waals surface area contributed by atoms with Crippen molar-refractivity contribution in [2.24, 2.45) is 5.92 Å². The molecule has 2 aromatic heterocycles. The molecular weight excluding hydrogens is 342 g/mol. The summed E-state index contributed by atoms with van der Waals surface area (Å²) >= 11 is 1.43. The maximum absolute atomic E-state index is 12.3. The van der Waals surface area contributed by atoms with Crippen LogP contribution in [-0.4, -0.2) is 46.2 Å². The number of thiazole rings is 1. The van der Waals surface area contributed by atoms with Gasteiger partial charge in [-0.25, -0.2) is 9.78 Å². The standard InChI is InChI=1S/C17H19N3O4S/c21-14(20-15(17(22)23)12-4-2-6-24-9-12)7-13-10-25-16(19-13)11-3-1-5-18-8-11/h1,3,5,8,10,12,15H,2,4,6-7,9H2,(H,20,21)(H,22,23). The molecule has 2 N–H and O–H groups in total. The molecule has 2 unspecified atom stereocenters. The van der Waals surface area contributed by atoms with E-state index >= 15 is 0 Å². The third-order valence-corrected chi connectivity index (χ3v) is 4.99. The Balaban J connectivity index is 1.61. The largest absolute Gasteiger partial charge is 0.480 e. The summed E-state index contributed by atoms with van der Waals surface area (Å²) in [5.41, 5.74) is 1.51. The zero-order valence-electron chi connectivity index (χ0n) is 13.6. The monoisotopic (exact) mass is 361 g/mol. The molecule has 1 aliphatic heterocycles. The fraction of sp³-hybridized carbons (Fsp3) is 0.412. The lowest BCUT2D eigenvalue weighted by Gasteiger charge is -2.28. The highest BCUT2D eigenvalue weighted by Crippen LogP contribution is 2.23. The van der Waals surface area contributed by atoms with Gasteiger partial charge >= 0.3 is 5.97 Å². The molecule has 1 aliphatic rings. The van der Waals surface area contributed by atoms with Gasteiger partial charge in [0.2, 0.25) is 5.91 Å². The van der Waals surface area contributed by atoms with Gasteiger partial charge in [0.25, 0.3) is 0 Å². The number of carbonyl (C=O) groups excluding carboxylic acids is 1. The summed E-state index contributed by atoms with van der Waals surface area (Å²) in [6.07, 6.45) is 5.00. The number of carbonyl (C=O) groups is 2. The van der Waals surface area contributed by atoms with Gasteiger partial charge in [-0.2, -0.15) is 0 Å². The molecule has 0 bridgehead atoms. The van der Waals surface area contributed by atoms with Gasteiger partial charge in [-0.3, -0.25) is 9.78 Å². The molecular formula is C17H19N3O4S. The molecule has 25 heavy (non-hydrogen) atoms. The number of nitrogens with zero attached hydrogens (tertiary/aromatic N) is 2. The average molecular weight is 361 g/mol. The zero-order valence-corrected chi connectivity index (χ0v) is 14.4. The first-order chi connectivity index (χ1) is 12.1. The maximum Gasteiger partial charge on any atom is 0.326 e. The summed E-state index contributed by atoms with van der Waals surface area (Å²) in [7, 11) is 0. The molecule has 2 aromatic rings. The fourth-order valence-corrected chi connectivity index (χ4v) is 3.62. The van der Waals surface area contributed by atoms with Crippen molar-refractivity contribution in [3.63, 3.8) is 0 Å². The topological polar surface area (TPSA) is 101 Å². The number of carboxylic acid groups (broad SMARTS) is 1. The van der Waals surface area contributed by atoms with E-state index in [1.165, 1.54) is 11.3 Å². The van der Waals surface area contributed by atoms with Gasteiger partial charge in [0, 0.05) is 35.9 Å². The molecule has 0 spiro atoms. The van der Waals surface area contributed by atoms with Crippen LogP contribution in [0, 0.1) is 5.92 Å².